The summed E-state index contributed by atoms with van der Waals surface area (Å²) in [6, 6.07) is 11.9. The van der Waals surface area contributed by atoms with E-state index < -0.39 is 5.54 Å². The van der Waals surface area contributed by atoms with E-state index in [0.29, 0.717) is 11.5 Å². The maximum absolute atomic E-state index is 8.07. The summed E-state index contributed by atoms with van der Waals surface area (Å²) in [5.74, 6) is 3.01. The highest BCUT2D eigenvalue weighted by molar-refractivity contribution is 5.46. The van der Waals surface area contributed by atoms with E-state index in [1.54, 1.807) is 28.4 Å². The van der Waals surface area contributed by atoms with Crippen LogP contribution >= 0.6 is 0 Å². The summed E-state index contributed by atoms with van der Waals surface area (Å²) in [4.78, 5) is 6.48. The van der Waals surface area contributed by atoms with Crippen LogP contribution in [-0.4, -0.2) is 53.5 Å². The van der Waals surface area contributed by atoms with Gasteiger partial charge in [0.15, 0.2) is 23.0 Å². The number of ether oxygens (including phenoxy) is 4. The van der Waals surface area contributed by atoms with Gasteiger partial charge >= 0.3 is 0 Å². The molecule has 0 N–H and O–H groups in total. The van der Waals surface area contributed by atoms with E-state index in [-0.39, 0.29) is 5.92 Å². The monoisotopic (exact) mass is 454 g/mol. The van der Waals surface area contributed by atoms with Gasteiger partial charge in [-0.05, 0) is 62.3 Å². The lowest BCUT2D eigenvalue weighted by atomic mass is 9.77. The van der Waals surface area contributed by atoms with Gasteiger partial charge in [0.25, 0.3) is 5.54 Å². The highest BCUT2D eigenvalue weighted by Gasteiger charge is 2.42. The third kappa shape index (κ3) is 6.33. The van der Waals surface area contributed by atoms with E-state index in [9.17, 15) is 0 Å². The van der Waals surface area contributed by atoms with E-state index >= 15 is 0 Å². The minimum atomic E-state index is -0.594. The highest BCUT2D eigenvalue weighted by Crippen LogP contribution is 2.42. The standard InChI is InChI=1S/C27H38N2O4/c1-20(2)27(28-3,22-11-13-24(31-6)26(19-22)33-8)15-9-16-29(4)17-14-21-10-12-23(30-5)25(18-21)32-7/h10-13,18-20H,9,14-17H2,1-2,4-8H3. The molecule has 0 bridgehead atoms. The fourth-order valence-electron chi connectivity index (χ4n) is 4.21. The van der Waals surface area contributed by atoms with Crippen molar-refractivity contribution in [3.63, 3.8) is 0 Å². The molecule has 0 spiro atoms. The van der Waals surface area contributed by atoms with Gasteiger partial charge in [0.05, 0.1) is 28.4 Å². The van der Waals surface area contributed by atoms with Crippen molar-refractivity contribution in [1.29, 1.82) is 0 Å². The fourth-order valence-corrected chi connectivity index (χ4v) is 4.21. The van der Waals surface area contributed by atoms with E-state index in [4.69, 9.17) is 25.5 Å². The molecule has 0 aliphatic heterocycles. The maximum Gasteiger partial charge on any atom is 0.259 e. The van der Waals surface area contributed by atoms with Crippen molar-refractivity contribution in [3.05, 3.63) is 58.9 Å². The zero-order valence-corrected chi connectivity index (χ0v) is 21.1. The highest BCUT2D eigenvalue weighted by atomic mass is 16.5. The molecular weight excluding hydrogens is 416 g/mol. The molecule has 0 aliphatic carbocycles. The molecule has 6 nitrogen and oxygen atoms in total. The number of nitrogens with zero attached hydrogens (tertiary/aromatic N) is 2. The van der Waals surface area contributed by atoms with Gasteiger partial charge in [-0.3, -0.25) is 0 Å². The van der Waals surface area contributed by atoms with Crippen molar-refractivity contribution >= 4 is 0 Å². The Hall–Kier alpha value is -2.91. The first-order valence-electron chi connectivity index (χ1n) is 11.4. The van der Waals surface area contributed by atoms with Crippen LogP contribution in [0.2, 0.25) is 0 Å². The number of methoxy groups -OCH3 is 4. The molecule has 6 heteroatoms. The average Bonchev–Trinajstić information content (AvgIpc) is 2.84. The third-order valence-corrected chi connectivity index (χ3v) is 6.37. The Balaban J connectivity index is 2.02. The second kappa shape index (κ2) is 12.4. The molecule has 33 heavy (non-hydrogen) atoms. The molecular formula is C27H38N2O4. The minimum Gasteiger partial charge on any atom is -0.493 e. The SMILES string of the molecule is [C-]#[N+]C(CCCN(C)CCc1ccc(OC)c(OC)c1)(c1ccc(OC)c(OC)c1)C(C)C. The van der Waals surface area contributed by atoms with E-state index in [0.717, 1.165) is 49.4 Å². The van der Waals surface area contributed by atoms with Gasteiger partial charge in [-0.1, -0.05) is 19.9 Å². The molecule has 2 aromatic rings. The summed E-state index contributed by atoms with van der Waals surface area (Å²) in [5.41, 5.74) is 1.60. The lowest BCUT2D eigenvalue weighted by molar-refractivity contribution is 0.287. The Kier molecular flexibility index (Phi) is 9.87. The first-order chi connectivity index (χ1) is 15.8. The Labute approximate surface area is 199 Å². The van der Waals surface area contributed by atoms with Crippen LogP contribution < -0.4 is 18.9 Å². The molecule has 2 aromatic carbocycles. The summed E-state index contributed by atoms with van der Waals surface area (Å²) in [5, 5.41) is 0. The van der Waals surface area contributed by atoms with Crippen LogP contribution in [-0.2, 0) is 12.0 Å². The van der Waals surface area contributed by atoms with Crippen LogP contribution in [0.4, 0.5) is 0 Å². The second-order valence-corrected chi connectivity index (χ2v) is 8.61. The summed E-state index contributed by atoms with van der Waals surface area (Å²) in [7, 11) is 8.69. The van der Waals surface area contributed by atoms with Gasteiger partial charge in [0.2, 0.25) is 0 Å². The summed E-state index contributed by atoms with van der Waals surface area (Å²) >= 11 is 0. The number of likely N-dealkylation sites (N-methyl/N-ethyl adjacent to an activating group) is 1. The number of hydrogen-bond acceptors (Lipinski definition) is 5. The van der Waals surface area contributed by atoms with E-state index in [1.807, 2.05) is 30.3 Å². The van der Waals surface area contributed by atoms with Crippen molar-refractivity contribution in [2.24, 2.45) is 5.92 Å². The van der Waals surface area contributed by atoms with Crippen molar-refractivity contribution < 1.29 is 18.9 Å². The van der Waals surface area contributed by atoms with Crippen LogP contribution in [0.1, 0.15) is 37.8 Å². The Bertz CT molecular complexity index is 938. The zero-order valence-electron chi connectivity index (χ0n) is 21.1. The molecule has 1 atom stereocenters. The van der Waals surface area contributed by atoms with Crippen LogP contribution in [0.25, 0.3) is 4.85 Å². The van der Waals surface area contributed by atoms with Gasteiger partial charge in [-0.15, -0.1) is 0 Å². The normalized spacial score (nSPS) is 12.8. The number of hydrogen-bond donors (Lipinski definition) is 0. The fraction of sp³-hybridized carbons (Fsp3) is 0.519. The van der Waals surface area contributed by atoms with Gasteiger partial charge in [0, 0.05) is 24.4 Å². The molecule has 1 unspecified atom stereocenters. The number of benzene rings is 2. The second-order valence-electron chi connectivity index (χ2n) is 8.61. The van der Waals surface area contributed by atoms with Crippen molar-refractivity contribution in [2.45, 2.75) is 38.6 Å². The topological polar surface area (TPSA) is 44.5 Å². The first kappa shape index (κ1) is 26.3. The van der Waals surface area contributed by atoms with Gasteiger partial charge in [0.1, 0.15) is 0 Å². The summed E-state index contributed by atoms with van der Waals surface area (Å²) in [6.45, 7) is 14.2. The first-order valence-corrected chi connectivity index (χ1v) is 11.4. The lowest BCUT2D eigenvalue weighted by Gasteiger charge is -2.28. The van der Waals surface area contributed by atoms with Crippen LogP contribution in [0.5, 0.6) is 23.0 Å². The molecule has 0 radical (unpaired) electrons. The van der Waals surface area contributed by atoms with E-state index in [1.165, 1.54) is 5.56 Å². The summed E-state index contributed by atoms with van der Waals surface area (Å²) in [6.07, 6.45) is 2.63. The zero-order chi connectivity index (χ0) is 24.4. The smallest absolute Gasteiger partial charge is 0.259 e. The van der Waals surface area contributed by atoms with Crippen LogP contribution in [0.15, 0.2) is 36.4 Å². The van der Waals surface area contributed by atoms with Crippen molar-refractivity contribution in [2.75, 3.05) is 48.6 Å². The van der Waals surface area contributed by atoms with Crippen molar-refractivity contribution in [3.8, 4) is 23.0 Å². The molecule has 0 saturated heterocycles. The minimum absolute atomic E-state index is 0.171. The quantitative estimate of drug-likeness (QED) is 0.377. The molecule has 180 valence electrons. The average molecular weight is 455 g/mol. The van der Waals surface area contributed by atoms with Gasteiger partial charge < -0.3 is 28.7 Å². The molecule has 0 amide bonds. The number of rotatable bonds is 13. The van der Waals surface area contributed by atoms with Crippen LogP contribution in [0, 0.1) is 12.5 Å². The Morgan fingerprint density at radius 1 is 0.848 bits per heavy atom. The Morgan fingerprint density at radius 2 is 1.42 bits per heavy atom. The molecule has 0 aromatic heterocycles. The van der Waals surface area contributed by atoms with E-state index in [2.05, 4.69) is 36.7 Å². The predicted octanol–water partition coefficient (Wildman–Crippen LogP) is 5.45. The molecule has 0 fully saturated rings. The molecule has 0 saturated carbocycles. The largest absolute Gasteiger partial charge is 0.493 e. The van der Waals surface area contributed by atoms with Gasteiger partial charge in [-0.2, -0.15) is 0 Å². The molecule has 0 aliphatic rings. The van der Waals surface area contributed by atoms with Gasteiger partial charge in [-0.25, -0.2) is 6.57 Å². The Morgan fingerprint density at radius 3 is 1.97 bits per heavy atom. The lowest BCUT2D eigenvalue weighted by Crippen LogP contribution is -2.31. The molecule has 0 heterocycles. The third-order valence-electron chi connectivity index (χ3n) is 6.37. The maximum atomic E-state index is 8.07. The van der Waals surface area contributed by atoms with Crippen LogP contribution in [0.3, 0.4) is 0 Å². The predicted molar refractivity (Wildman–Crippen MR) is 133 cm³/mol. The van der Waals surface area contributed by atoms with Crippen molar-refractivity contribution in [1.82, 2.24) is 4.90 Å². The summed E-state index contributed by atoms with van der Waals surface area (Å²) < 4.78 is 21.6. The molecule has 2 rings (SSSR count).